The SMILES string of the molecule is C[C-]1c2ccccc2N2N=C3C=CC=CN3C12.[Y]. The van der Waals surface area contributed by atoms with Gasteiger partial charge in [-0.3, -0.25) is 0 Å². The fourth-order valence-corrected chi connectivity index (χ4v) is 2.74. The minimum atomic E-state index is 0. The van der Waals surface area contributed by atoms with Crippen LogP contribution in [0.5, 0.6) is 0 Å². The summed E-state index contributed by atoms with van der Waals surface area (Å²) >= 11 is 0. The molecule has 3 heterocycles. The van der Waals surface area contributed by atoms with Crippen LogP contribution in [0.15, 0.2) is 53.8 Å². The summed E-state index contributed by atoms with van der Waals surface area (Å²) in [5.41, 5.74) is 2.52. The molecule has 3 aliphatic rings. The van der Waals surface area contributed by atoms with Crippen molar-refractivity contribution in [3.8, 4) is 0 Å². The number of amidine groups is 1. The van der Waals surface area contributed by atoms with Gasteiger partial charge in [-0.05, 0) is 17.8 Å². The van der Waals surface area contributed by atoms with E-state index in [0.717, 1.165) is 5.84 Å². The number of rotatable bonds is 0. The normalized spacial score (nSPS) is 22.4. The Morgan fingerprint density at radius 2 is 2.06 bits per heavy atom. The maximum absolute atomic E-state index is 4.68. The molecule has 0 aliphatic carbocycles. The van der Waals surface area contributed by atoms with E-state index in [4.69, 9.17) is 0 Å². The third-order valence-electron chi connectivity index (χ3n) is 3.54. The van der Waals surface area contributed by atoms with E-state index in [2.05, 4.69) is 58.5 Å². The molecule has 87 valence electrons. The van der Waals surface area contributed by atoms with Crippen LogP contribution in [-0.2, 0) is 32.7 Å². The molecule has 18 heavy (non-hydrogen) atoms. The van der Waals surface area contributed by atoms with Crippen molar-refractivity contribution in [3.05, 3.63) is 60.2 Å². The summed E-state index contributed by atoms with van der Waals surface area (Å²) in [5.74, 6) is 2.38. The van der Waals surface area contributed by atoms with E-state index in [1.807, 2.05) is 12.2 Å². The molecule has 0 amide bonds. The smallest absolute Gasteiger partial charge is 0.153 e. The number of hydrogen-bond acceptors (Lipinski definition) is 3. The molecule has 1 unspecified atom stereocenters. The Balaban J connectivity index is 0.000001000. The predicted octanol–water partition coefficient (Wildman–Crippen LogP) is 2.49. The zero-order chi connectivity index (χ0) is 11.4. The largest absolute Gasteiger partial charge is 0.317 e. The van der Waals surface area contributed by atoms with Gasteiger partial charge in [0.25, 0.3) is 0 Å². The van der Waals surface area contributed by atoms with Crippen LogP contribution in [0.1, 0.15) is 12.5 Å². The van der Waals surface area contributed by atoms with E-state index in [0.29, 0.717) is 0 Å². The summed E-state index contributed by atoms with van der Waals surface area (Å²) in [6, 6.07) is 8.45. The molecule has 0 bridgehead atoms. The van der Waals surface area contributed by atoms with Crippen LogP contribution in [0.4, 0.5) is 5.69 Å². The van der Waals surface area contributed by atoms with Crippen LogP contribution >= 0.6 is 0 Å². The molecule has 3 nitrogen and oxygen atoms in total. The van der Waals surface area contributed by atoms with E-state index in [-0.39, 0.29) is 38.9 Å². The van der Waals surface area contributed by atoms with Crippen molar-refractivity contribution in [2.24, 2.45) is 5.10 Å². The number of benzene rings is 1. The van der Waals surface area contributed by atoms with E-state index >= 15 is 0 Å². The Bertz CT molecular complexity index is 576. The van der Waals surface area contributed by atoms with E-state index in [1.54, 1.807) is 0 Å². The summed E-state index contributed by atoms with van der Waals surface area (Å²) in [7, 11) is 0. The molecule has 1 aromatic carbocycles. The molecule has 0 saturated carbocycles. The van der Waals surface area contributed by atoms with Crippen molar-refractivity contribution < 1.29 is 32.7 Å². The Kier molecular flexibility index (Phi) is 2.83. The van der Waals surface area contributed by atoms with Crippen molar-refractivity contribution in [1.29, 1.82) is 0 Å². The van der Waals surface area contributed by atoms with Crippen LogP contribution in [0.3, 0.4) is 0 Å². The minimum Gasteiger partial charge on any atom is -0.317 e. The first-order valence-corrected chi connectivity index (χ1v) is 5.80. The van der Waals surface area contributed by atoms with Crippen LogP contribution in [-0.4, -0.2) is 16.9 Å². The maximum atomic E-state index is 4.68. The summed E-state index contributed by atoms with van der Waals surface area (Å²) < 4.78 is 0. The van der Waals surface area contributed by atoms with Gasteiger partial charge in [0.1, 0.15) is 0 Å². The standard InChI is InChI=1S/C14H12N3.Y/c1-10-11-6-2-3-7-12(11)17-14(10)16-9-5-4-8-13(16)15-17;/h2-9,14H,1H3;/q-1;. The first kappa shape index (κ1) is 12.0. The van der Waals surface area contributed by atoms with Crippen LogP contribution < -0.4 is 5.01 Å². The number of para-hydroxylation sites is 1. The molecular formula is C14H12N3Y-. The van der Waals surface area contributed by atoms with Crippen LogP contribution in [0.2, 0.25) is 0 Å². The van der Waals surface area contributed by atoms with Gasteiger partial charge in [0, 0.05) is 38.9 Å². The molecule has 0 spiro atoms. The number of allylic oxidation sites excluding steroid dienone is 2. The van der Waals surface area contributed by atoms with E-state index < -0.39 is 0 Å². The number of hydrogen-bond donors (Lipinski definition) is 0. The molecule has 0 N–H and O–H groups in total. The molecule has 1 atom stereocenters. The first-order chi connectivity index (χ1) is 8.36. The Morgan fingerprint density at radius 3 is 2.94 bits per heavy atom. The Hall–Kier alpha value is -1.06. The number of nitrogens with zero attached hydrogens (tertiary/aromatic N) is 3. The second-order valence-corrected chi connectivity index (χ2v) is 4.48. The van der Waals surface area contributed by atoms with Crippen molar-refractivity contribution >= 4 is 11.5 Å². The average Bonchev–Trinajstić information content (AvgIpc) is 2.88. The average molecular weight is 311 g/mol. The van der Waals surface area contributed by atoms with Gasteiger partial charge >= 0.3 is 0 Å². The summed E-state index contributed by atoms with van der Waals surface area (Å²) in [5, 5.41) is 6.79. The number of fused-ring (bicyclic) bond motifs is 5. The monoisotopic (exact) mass is 311 g/mol. The Labute approximate surface area is 132 Å². The predicted molar refractivity (Wildman–Crippen MR) is 68.3 cm³/mol. The molecule has 3 aliphatic heterocycles. The summed E-state index contributed by atoms with van der Waals surface area (Å²) in [4.78, 5) is 2.22. The van der Waals surface area contributed by atoms with Crippen LogP contribution in [0.25, 0.3) is 0 Å². The molecule has 1 aromatic rings. The number of anilines is 1. The maximum Gasteiger partial charge on any atom is 0.153 e. The summed E-state index contributed by atoms with van der Waals surface area (Å²) in [6.07, 6.45) is 8.45. The van der Waals surface area contributed by atoms with Gasteiger partial charge in [-0.25, -0.2) is 0 Å². The second kappa shape index (κ2) is 4.25. The van der Waals surface area contributed by atoms with Gasteiger partial charge in [0.15, 0.2) is 5.84 Å². The van der Waals surface area contributed by atoms with Gasteiger partial charge in [-0.2, -0.15) is 16.7 Å². The van der Waals surface area contributed by atoms with Gasteiger partial charge in [-0.1, -0.05) is 25.1 Å². The molecule has 4 heteroatoms. The second-order valence-electron chi connectivity index (χ2n) is 4.48. The van der Waals surface area contributed by atoms with Crippen molar-refractivity contribution in [3.63, 3.8) is 0 Å². The van der Waals surface area contributed by atoms with Crippen LogP contribution in [0, 0.1) is 5.92 Å². The molecule has 0 saturated heterocycles. The van der Waals surface area contributed by atoms with Gasteiger partial charge in [-0.15, -0.1) is 12.0 Å². The molecule has 1 radical (unpaired) electrons. The number of hydrazone groups is 1. The summed E-state index contributed by atoms with van der Waals surface area (Å²) in [6.45, 7) is 2.19. The van der Waals surface area contributed by atoms with Crippen molar-refractivity contribution in [2.75, 3.05) is 5.01 Å². The topological polar surface area (TPSA) is 18.8 Å². The molecule has 4 rings (SSSR count). The minimum absolute atomic E-state index is 0. The van der Waals surface area contributed by atoms with E-state index in [1.165, 1.54) is 17.2 Å². The van der Waals surface area contributed by atoms with Gasteiger partial charge in [0.2, 0.25) is 0 Å². The van der Waals surface area contributed by atoms with E-state index in [9.17, 15) is 0 Å². The molecular weight excluding hydrogens is 299 g/mol. The van der Waals surface area contributed by atoms with Crippen molar-refractivity contribution in [2.45, 2.75) is 13.1 Å². The first-order valence-electron chi connectivity index (χ1n) is 5.80. The fraction of sp³-hybridized carbons (Fsp3) is 0.143. The molecule has 0 aromatic heterocycles. The third kappa shape index (κ3) is 1.44. The zero-order valence-electron chi connectivity index (χ0n) is 10.1. The van der Waals surface area contributed by atoms with Gasteiger partial charge in [0.05, 0.1) is 6.17 Å². The molecule has 0 fully saturated rings. The van der Waals surface area contributed by atoms with Crippen molar-refractivity contribution in [1.82, 2.24) is 4.90 Å². The fourth-order valence-electron chi connectivity index (χ4n) is 2.74. The third-order valence-corrected chi connectivity index (χ3v) is 3.54. The van der Waals surface area contributed by atoms with Gasteiger partial charge < -0.3 is 9.91 Å². The Morgan fingerprint density at radius 1 is 1.22 bits per heavy atom. The zero-order valence-corrected chi connectivity index (χ0v) is 13.0. The quantitative estimate of drug-likeness (QED) is 0.686.